The second-order valence-electron chi connectivity index (χ2n) is 4.73. The Morgan fingerprint density at radius 3 is 2.55 bits per heavy atom. The molecule has 0 aliphatic rings. The summed E-state index contributed by atoms with van der Waals surface area (Å²) < 4.78 is 7.15. The molecule has 0 bridgehead atoms. The van der Waals surface area contributed by atoms with E-state index in [-0.39, 0.29) is 0 Å². The zero-order chi connectivity index (χ0) is 14.5. The van der Waals surface area contributed by atoms with Gasteiger partial charge in [-0.05, 0) is 30.2 Å². The summed E-state index contributed by atoms with van der Waals surface area (Å²) in [6.45, 7) is 2.76. The van der Waals surface area contributed by atoms with E-state index in [9.17, 15) is 5.26 Å². The van der Waals surface area contributed by atoms with E-state index >= 15 is 0 Å². The maximum Gasteiger partial charge on any atom is 0.122 e. The number of nitrogens with zero attached hydrogens (tertiary/aromatic N) is 2. The molecule has 1 aromatic heterocycles. The molecule has 0 atom stereocenters. The van der Waals surface area contributed by atoms with Crippen molar-refractivity contribution in [3.05, 3.63) is 47.3 Å². The lowest BCUT2D eigenvalue weighted by atomic mass is 10.2. The molecule has 2 aromatic rings. The Morgan fingerprint density at radius 2 is 2.00 bits per heavy atom. The largest absolute Gasteiger partial charge is 0.497 e. The average molecular weight is 269 g/mol. The third kappa shape index (κ3) is 2.77. The van der Waals surface area contributed by atoms with Crippen LogP contribution in [0.3, 0.4) is 0 Å². The van der Waals surface area contributed by atoms with Crippen LogP contribution in [-0.4, -0.2) is 11.7 Å². The summed E-state index contributed by atoms with van der Waals surface area (Å²) in [5.74, 6) is 0.829. The van der Waals surface area contributed by atoms with Crippen molar-refractivity contribution in [2.45, 2.75) is 26.3 Å². The zero-order valence-electron chi connectivity index (χ0n) is 11.9. The number of hydrogen-bond acceptors (Lipinski definition) is 3. The Hall–Kier alpha value is -2.41. The summed E-state index contributed by atoms with van der Waals surface area (Å²) in [5.41, 5.74) is 9.49. The fraction of sp³-hybridized carbons (Fsp3) is 0.312. The van der Waals surface area contributed by atoms with Gasteiger partial charge in [-0.15, -0.1) is 0 Å². The van der Waals surface area contributed by atoms with Gasteiger partial charge < -0.3 is 15.0 Å². The molecular formula is C16H19N3O. The van der Waals surface area contributed by atoms with E-state index in [0.29, 0.717) is 17.9 Å². The van der Waals surface area contributed by atoms with Gasteiger partial charge in [0, 0.05) is 12.2 Å². The number of rotatable bonds is 5. The number of nitriles is 1. The molecule has 1 heterocycles. The van der Waals surface area contributed by atoms with Crippen LogP contribution in [0.1, 0.15) is 30.3 Å². The van der Waals surface area contributed by atoms with Crippen molar-refractivity contribution in [2.75, 3.05) is 12.8 Å². The van der Waals surface area contributed by atoms with Gasteiger partial charge in [-0.3, -0.25) is 0 Å². The van der Waals surface area contributed by atoms with Crippen LogP contribution in [0.4, 0.5) is 5.69 Å². The molecule has 0 radical (unpaired) electrons. The summed E-state index contributed by atoms with van der Waals surface area (Å²) >= 11 is 0. The molecule has 2 N–H and O–H groups in total. The molecule has 0 saturated heterocycles. The van der Waals surface area contributed by atoms with Gasteiger partial charge in [0.25, 0.3) is 0 Å². The molecule has 4 nitrogen and oxygen atoms in total. The van der Waals surface area contributed by atoms with Gasteiger partial charge in [-0.2, -0.15) is 5.26 Å². The standard InChI is InChI=1S/C16H19N3O/c1-3-4-16-15(18)9-13(10-17)19(16)11-12-5-7-14(20-2)8-6-12/h5-9H,3-4,11,18H2,1-2H3. The van der Waals surface area contributed by atoms with Crippen LogP contribution in [0.15, 0.2) is 30.3 Å². The minimum absolute atomic E-state index is 0.613. The summed E-state index contributed by atoms with van der Waals surface area (Å²) in [4.78, 5) is 0. The summed E-state index contributed by atoms with van der Waals surface area (Å²) in [6, 6.07) is 11.8. The second kappa shape index (κ2) is 6.16. The lowest BCUT2D eigenvalue weighted by Gasteiger charge is -2.11. The lowest BCUT2D eigenvalue weighted by molar-refractivity contribution is 0.414. The molecule has 0 saturated carbocycles. The monoisotopic (exact) mass is 269 g/mol. The maximum absolute atomic E-state index is 9.24. The molecule has 0 aliphatic heterocycles. The van der Waals surface area contributed by atoms with Gasteiger partial charge in [0.15, 0.2) is 0 Å². The van der Waals surface area contributed by atoms with Crippen LogP contribution in [0.2, 0.25) is 0 Å². The Morgan fingerprint density at radius 1 is 1.30 bits per heavy atom. The van der Waals surface area contributed by atoms with Gasteiger partial charge in [-0.25, -0.2) is 0 Å². The molecule has 1 aromatic carbocycles. The van der Waals surface area contributed by atoms with E-state index in [1.807, 2.05) is 28.8 Å². The van der Waals surface area contributed by atoms with Crippen molar-refractivity contribution in [3.63, 3.8) is 0 Å². The summed E-state index contributed by atoms with van der Waals surface area (Å²) in [5, 5.41) is 9.24. The predicted molar refractivity (Wildman–Crippen MR) is 79.7 cm³/mol. The van der Waals surface area contributed by atoms with E-state index < -0.39 is 0 Å². The van der Waals surface area contributed by atoms with Crippen LogP contribution in [-0.2, 0) is 13.0 Å². The minimum atomic E-state index is 0.613. The first kappa shape index (κ1) is 14.0. The Kier molecular flexibility index (Phi) is 4.31. The third-order valence-electron chi connectivity index (χ3n) is 3.34. The highest BCUT2D eigenvalue weighted by Gasteiger charge is 2.12. The van der Waals surface area contributed by atoms with Gasteiger partial charge >= 0.3 is 0 Å². The summed E-state index contributed by atoms with van der Waals surface area (Å²) in [7, 11) is 1.65. The number of nitrogen functional groups attached to an aromatic ring is 1. The van der Waals surface area contributed by atoms with Crippen molar-refractivity contribution >= 4 is 5.69 Å². The highest BCUT2D eigenvalue weighted by atomic mass is 16.5. The first-order valence-corrected chi connectivity index (χ1v) is 6.70. The highest BCUT2D eigenvalue weighted by molar-refractivity contribution is 5.51. The number of anilines is 1. The summed E-state index contributed by atoms with van der Waals surface area (Å²) in [6.07, 6.45) is 1.88. The number of benzene rings is 1. The zero-order valence-corrected chi connectivity index (χ0v) is 11.9. The van der Waals surface area contributed by atoms with Crippen LogP contribution in [0.25, 0.3) is 0 Å². The minimum Gasteiger partial charge on any atom is -0.497 e. The smallest absolute Gasteiger partial charge is 0.122 e. The van der Waals surface area contributed by atoms with Crippen molar-refractivity contribution in [1.29, 1.82) is 5.26 Å². The molecule has 0 amide bonds. The number of aromatic nitrogens is 1. The first-order valence-electron chi connectivity index (χ1n) is 6.70. The van der Waals surface area contributed by atoms with Gasteiger partial charge in [0.05, 0.1) is 12.8 Å². The number of nitrogens with two attached hydrogens (primary N) is 1. The van der Waals surface area contributed by atoms with Crippen molar-refractivity contribution in [1.82, 2.24) is 4.57 Å². The number of methoxy groups -OCH3 is 1. The number of hydrogen-bond donors (Lipinski definition) is 1. The Labute approximate surface area is 119 Å². The molecule has 0 unspecified atom stereocenters. The molecular weight excluding hydrogens is 250 g/mol. The van der Waals surface area contributed by atoms with Crippen LogP contribution >= 0.6 is 0 Å². The predicted octanol–water partition coefficient (Wildman–Crippen LogP) is 2.95. The fourth-order valence-electron chi connectivity index (χ4n) is 2.31. The Balaban J connectivity index is 2.33. The van der Waals surface area contributed by atoms with E-state index in [0.717, 1.165) is 29.8 Å². The maximum atomic E-state index is 9.24. The van der Waals surface area contributed by atoms with Gasteiger partial charge in [-0.1, -0.05) is 25.5 Å². The van der Waals surface area contributed by atoms with Crippen molar-refractivity contribution in [2.24, 2.45) is 0 Å². The normalized spacial score (nSPS) is 10.2. The first-order chi connectivity index (χ1) is 9.69. The molecule has 4 heteroatoms. The van der Waals surface area contributed by atoms with Crippen LogP contribution in [0.5, 0.6) is 5.75 Å². The highest BCUT2D eigenvalue weighted by Crippen LogP contribution is 2.22. The second-order valence-corrected chi connectivity index (χ2v) is 4.73. The van der Waals surface area contributed by atoms with Gasteiger partial charge in [0.2, 0.25) is 0 Å². The van der Waals surface area contributed by atoms with Crippen LogP contribution < -0.4 is 10.5 Å². The third-order valence-corrected chi connectivity index (χ3v) is 3.34. The number of ether oxygens (including phenoxy) is 1. The molecule has 0 fully saturated rings. The average Bonchev–Trinajstić information content (AvgIpc) is 2.77. The van der Waals surface area contributed by atoms with E-state index in [2.05, 4.69) is 13.0 Å². The molecule has 0 aliphatic carbocycles. The van der Waals surface area contributed by atoms with Crippen molar-refractivity contribution < 1.29 is 4.74 Å². The SMILES string of the molecule is CCCc1c(N)cc(C#N)n1Cc1ccc(OC)cc1. The van der Waals surface area contributed by atoms with E-state index in [1.54, 1.807) is 13.2 Å². The van der Waals surface area contributed by atoms with Gasteiger partial charge in [0.1, 0.15) is 17.5 Å². The van der Waals surface area contributed by atoms with E-state index in [4.69, 9.17) is 10.5 Å². The lowest BCUT2D eigenvalue weighted by Crippen LogP contribution is -2.07. The molecule has 2 rings (SSSR count). The fourth-order valence-corrected chi connectivity index (χ4v) is 2.31. The van der Waals surface area contributed by atoms with Crippen LogP contribution in [0, 0.1) is 11.3 Å². The quantitative estimate of drug-likeness (QED) is 0.907. The van der Waals surface area contributed by atoms with E-state index in [1.165, 1.54) is 0 Å². The van der Waals surface area contributed by atoms with Crippen molar-refractivity contribution in [3.8, 4) is 11.8 Å². The molecule has 0 spiro atoms. The molecule has 104 valence electrons. The Bertz CT molecular complexity index is 620. The topological polar surface area (TPSA) is 64.0 Å². The molecule has 20 heavy (non-hydrogen) atoms.